The minimum absolute atomic E-state index is 0.0157. The van der Waals surface area contributed by atoms with Gasteiger partial charge in [0.15, 0.2) is 0 Å². The van der Waals surface area contributed by atoms with Crippen LogP contribution in [0.25, 0.3) is 10.2 Å². The lowest BCUT2D eigenvalue weighted by atomic mass is 10.0. The molecule has 3 rings (SSSR count). The molecule has 0 atom stereocenters. The lowest BCUT2D eigenvalue weighted by Crippen LogP contribution is -2.44. The van der Waals surface area contributed by atoms with Gasteiger partial charge in [0.05, 0.1) is 16.6 Å². The third-order valence-electron chi connectivity index (χ3n) is 5.67. The number of fused-ring (bicyclic) bond motifs is 1. The van der Waals surface area contributed by atoms with Gasteiger partial charge in [0.2, 0.25) is 0 Å². The fraction of sp³-hybridized carbons (Fsp3) is 0.650. The Morgan fingerprint density at radius 2 is 2.04 bits per heavy atom. The molecule has 6 nitrogen and oxygen atoms in total. The van der Waals surface area contributed by atoms with Crippen molar-refractivity contribution in [3.63, 3.8) is 0 Å². The molecular formula is C20H30N4O2S. The highest BCUT2D eigenvalue weighted by molar-refractivity contribution is 7.20. The van der Waals surface area contributed by atoms with Crippen LogP contribution in [0.4, 0.5) is 0 Å². The number of rotatable bonds is 6. The van der Waals surface area contributed by atoms with Gasteiger partial charge >= 0.3 is 0 Å². The molecule has 1 amide bonds. The number of piperidine rings is 1. The van der Waals surface area contributed by atoms with Crippen molar-refractivity contribution >= 4 is 27.5 Å². The number of amides is 1. The molecule has 0 aliphatic carbocycles. The monoisotopic (exact) mass is 390 g/mol. The first-order valence-electron chi connectivity index (χ1n) is 9.88. The largest absolute Gasteiger partial charge is 0.338 e. The number of aromatic nitrogens is 2. The Labute approximate surface area is 164 Å². The Bertz CT molecular complexity index is 865. The quantitative estimate of drug-likeness (QED) is 0.711. The van der Waals surface area contributed by atoms with Crippen LogP contribution in [0.3, 0.4) is 0 Å². The Morgan fingerprint density at radius 1 is 1.33 bits per heavy atom. The zero-order chi connectivity index (χ0) is 19.6. The SMILES string of the molecule is CCCCCn1cnc2sc(C(=O)N(C)C3CCN(C)CC3)c(C)c2c1=O. The number of thiophene rings is 1. The maximum Gasteiger partial charge on any atom is 0.264 e. The summed E-state index contributed by atoms with van der Waals surface area (Å²) in [7, 11) is 4.00. The van der Waals surface area contributed by atoms with E-state index in [4.69, 9.17) is 0 Å². The Balaban J connectivity index is 1.86. The summed E-state index contributed by atoms with van der Waals surface area (Å²) in [6, 6.07) is 0.261. The van der Waals surface area contributed by atoms with Crippen molar-refractivity contribution in [3.05, 3.63) is 27.1 Å². The Hall–Kier alpha value is -1.73. The molecule has 1 aliphatic heterocycles. The van der Waals surface area contributed by atoms with Crippen molar-refractivity contribution in [1.29, 1.82) is 0 Å². The predicted octanol–water partition coefficient (Wildman–Crippen LogP) is 3.12. The summed E-state index contributed by atoms with van der Waals surface area (Å²) in [4.78, 5) is 36.0. The van der Waals surface area contributed by atoms with Crippen molar-refractivity contribution < 1.29 is 4.79 Å². The van der Waals surface area contributed by atoms with Crippen LogP contribution in [0, 0.1) is 6.92 Å². The van der Waals surface area contributed by atoms with Gasteiger partial charge in [-0.05, 0) is 51.9 Å². The highest BCUT2D eigenvalue weighted by Crippen LogP contribution is 2.29. The van der Waals surface area contributed by atoms with Gasteiger partial charge in [-0.1, -0.05) is 19.8 Å². The molecule has 0 spiro atoms. The van der Waals surface area contributed by atoms with E-state index in [0.717, 1.165) is 50.8 Å². The first-order chi connectivity index (χ1) is 12.9. The summed E-state index contributed by atoms with van der Waals surface area (Å²) in [5.41, 5.74) is 0.757. The molecule has 2 aromatic heterocycles. The van der Waals surface area contributed by atoms with Gasteiger partial charge in [0, 0.05) is 19.6 Å². The lowest BCUT2D eigenvalue weighted by molar-refractivity contribution is 0.0664. The fourth-order valence-corrected chi connectivity index (χ4v) is 4.88. The molecule has 2 aromatic rings. The van der Waals surface area contributed by atoms with Crippen LogP contribution in [0.2, 0.25) is 0 Å². The summed E-state index contributed by atoms with van der Waals surface area (Å²) in [6.45, 7) is 6.74. The molecule has 1 aliphatic rings. The number of unbranched alkanes of at least 4 members (excludes halogenated alkanes) is 2. The standard InChI is InChI=1S/C20H30N4O2S/c1-5-6-7-10-24-13-21-18-16(19(24)25)14(2)17(27-18)20(26)23(4)15-8-11-22(3)12-9-15/h13,15H,5-12H2,1-4H3. The molecule has 0 saturated carbocycles. The molecule has 1 saturated heterocycles. The topological polar surface area (TPSA) is 58.4 Å². The minimum Gasteiger partial charge on any atom is -0.338 e. The van der Waals surface area contributed by atoms with E-state index < -0.39 is 0 Å². The minimum atomic E-state index is -0.0224. The number of hydrogen-bond acceptors (Lipinski definition) is 5. The van der Waals surface area contributed by atoms with Gasteiger partial charge in [0.25, 0.3) is 11.5 Å². The van der Waals surface area contributed by atoms with Crippen molar-refractivity contribution in [2.24, 2.45) is 0 Å². The van der Waals surface area contributed by atoms with E-state index in [-0.39, 0.29) is 17.5 Å². The van der Waals surface area contributed by atoms with Crippen molar-refractivity contribution in [1.82, 2.24) is 19.4 Å². The van der Waals surface area contributed by atoms with Gasteiger partial charge in [-0.25, -0.2) is 4.98 Å². The van der Waals surface area contributed by atoms with Crippen LogP contribution in [0.15, 0.2) is 11.1 Å². The molecule has 148 valence electrons. The van der Waals surface area contributed by atoms with E-state index in [1.807, 2.05) is 18.9 Å². The van der Waals surface area contributed by atoms with Gasteiger partial charge in [-0.15, -0.1) is 11.3 Å². The van der Waals surface area contributed by atoms with Crippen LogP contribution < -0.4 is 5.56 Å². The number of carbonyl (C=O) groups excluding carboxylic acids is 1. The second-order valence-corrected chi connectivity index (χ2v) is 8.64. The summed E-state index contributed by atoms with van der Waals surface area (Å²) in [5, 5.41) is 0.610. The van der Waals surface area contributed by atoms with E-state index >= 15 is 0 Å². The first kappa shape index (κ1) is 20.0. The molecule has 3 heterocycles. The van der Waals surface area contributed by atoms with Gasteiger partial charge < -0.3 is 9.80 Å². The highest BCUT2D eigenvalue weighted by Gasteiger charge is 2.28. The zero-order valence-electron chi connectivity index (χ0n) is 16.8. The van der Waals surface area contributed by atoms with Crippen molar-refractivity contribution in [2.75, 3.05) is 27.2 Å². The number of likely N-dealkylation sites (tertiary alicyclic amines) is 1. The second-order valence-electron chi connectivity index (χ2n) is 7.64. The van der Waals surface area contributed by atoms with Crippen LogP contribution >= 0.6 is 11.3 Å². The summed E-state index contributed by atoms with van der Waals surface area (Å²) in [6.07, 6.45) is 6.79. The van der Waals surface area contributed by atoms with Crippen molar-refractivity contribution in [3.8, 4) is 0 Å². The molecule has 0 radical (unpaired) electrons. The molecule has 1 fully saturated rings. The van der Waals surface area contributed by atoms with Crippen LogP contribution in [0.5, 0.6) is 0 Å². The van der Waals surface area contributed by atoms with E-state index in [1.54, 1.807) is 10.9 Å². The third-order valence-corrected chi connectivity index (χ3v) is 6.86. The van der Waals surface area contributed by atoms with E-state index in [2.05, 4.69) is 23.9 Å². The second kappa shape index (κ2) is 8.52. The molecule has 0 bridgehead atoms. The van der Waals surface area contributed by atoms with Crippen LogP contribution in [0.1, 0.15) is 54.3 Å². The number of nitrogens with zero attached hydrogens (tertiary/aromatic N) is 4. The average Bonchev–Trinajstić information content (AvgIpc) is 3.00. The number of carbonyl (C=O) groups is 1. The fourth-order valence-electron chi connectivity index (χ4n) is 3.76. The van der Waals surface area contributed by atoms with E-state index in [9.17, 15) is 9.59 Å². The van der Waals surface area contributed by atoms with Crippen LogP contribution in [-0.2, 0) is 6.54 Å². The molecule has 0 unspecified atom stereocenters. The smallest absolute Gasteiger partial charge is 0.264 e. The summed E-state index contributed by atoms with van der Waals surface area (Å²) in [5.74, 6) is 0.0157. The Morgan fingerprint density at radius 3 is 2.70 bits per heavy atom. The summed E-state index contributed by atoms with van der Waals surface area (Å²) >= 11 is 1.35. The van der Waals surface area contributed by atoms with Gasteiger partial charge in [0.1, 0.15) is 4.83 Å². The zero-order valence-corrected chi connectivity index (χ0v) is 17.6. The van der Waals surface area contributed by atoms with Gasteiger partial charge in [-0.3, -0.25) is 14.2 Å². The third kappa shape index (κ3) is 4.09. The summed E-state index contributed by atoms with van der Waals surface area (Å²) < 4.78 is 1.69. The molecule has 0 aromatic carbocycles. The normalized spacial score (nSPS) is 16.1. The van der Waals surface area contributed by atoms with Crippen LogP contribution in [-0.4, -0.2) is 58.5 Å². The number of hydrogen-bond donors (Lipinski definition) is 0. The first-order valence-corrected chi connectivity index (χ1v) is 10.7. The molecular weight excluding hydrogens is 360 g/mol. The maximum atomic E-state index is 13.1. The van der Waals surface area contributed by atoms with E-state index in [1.165, 1.54) is 11.3 Å². The average molecular weight is 391 g/mol. The molecule has 0 N–H and O–H groups in total. The highest BCUT2D eigenvalue weighted by atomic mass is 32.1. The lowest BCUT2D eigenvalue weighted by Gasteiger charge is -2.35. The van der Waals surface area contributed by atoms with Gasteiger partial charge in [-0.2, -0.15) is 0 Å². The molecule has 7 heteroatoms. The van der Waals surface area contributed by atoms with Crippen molar-refractivity contribution in [2.45, 2.75) is 58.5 Å². The Kier molecular flexibility index (Phi) is 6.32. The predicted molar refractivity (Wildman–Crippen MR) is 111 cm³/mol. The molecule has 27 heavy (non-hydrogen) atoms. The maximum absolute atomic E-state index is 13.1. The van der Waals surface area contributed by atoms with E-state index in [0.29, 0.717) is 21.6 Å². The number of aryl methyl sites for hydroxylation is 2.